The molecule has 1 atom stereocenters. The van der Waals surface area contributed by atoms with Crippen molar-refractivity contribution in [2.75, 3.05) is 6.54 Å². The first-order valence-electron chi connectivity index (χ1n) is 4.37. The Bertz CT molecular complexity index is 107. The van der Waals surface area contributed by atoms with Gasteiger partial charge in [0.2, 0.25) is 0 Å². The maximum absolute atomic E-state index is 5.68. The second-order valence-electron chi connectivity index (χ2n) is 4.17. The van der Waals surface area contributed by atoms with Gasteiger partial charge in [-0.1, -0.05) is 26.7 Å². The average Bonchev–Trinajstić information content (AvgIpc) is 1.87. The van der Waals surface area contributed by atoms with E-state index in [0.29, 0.717) is 5.41 Å². The summed E-state index contributed by atoms with van der Waals surface area (Å²) in [5.74, 6) is 0.779. The zero-order valence-electron chi connectivity index (χ0n) is 7.19. The van der Waals surface area contributed by atoms with Gasteiger partial charge in [-0.2, -0.15) is 0 Å². The molecule has 1 nitrogen and oxygen atoms in total. The van der Waals surface area contributed by atoms with Crippen LogP contribution in [0.5, 0.6) is 0 Å². The number of nitrogens with two attached hydrogens (primary N) is 1. The maximum atomic E-state index is 5.68. The third kappa shape index (κ3) is 1.51. The van der Waals surface area contributed by atoms with Crippen molar-refractivity contribution in [2.24, 2.45) is 17.1 Å². The van der Waals surface area contributed by atoms with Crippen LogP contribution >= 0.6 is 0 Å². The standard InChI is InChI=1S/C9H19N/c1-9(2)6-4-3-5-8(9)7-10/h8H,3-7,10H2,1-2H3/t8-/m1/s1. The lowest BCUT2D eigenvalue weighted by Crippen LogP contribution is -2.33. The van der Waals surface area contributed by atoms with Gasteiger partial charge in [0.15, 0.2) is 0 Å². The van der Waals surface area contributed by atoms with E-state index in [9.17, 15) is 0 Å². The van der Waals surface area contributed by atoms with Crippen LogP contribution in [0, 0.1) is 11.3 Å². The molecule has 0 heterocycles. The fraction of sp³-hybridized carbons (Fsp3) is 1.00. The van der Waals surface area contributed by atoms with E-state index < -0.39 is 0 Å². The van der Waals surface area contributed by atoms with Crippen molar-refractivity contribution in [1.82, 2.24) is 0 Å². The van der Waals surface area contributed by atoms with Crippen LogP contribution < -0.4 is 5.73 Å². The van der Waals surface area contributed by atoms with Crippen LogP contribution in [0.25, 0.3) is 0 Å². The third-order valence-electron chi connectivity index (χ3n) is 3.01. The molecular weight excluding hydrogens is 122 g/mol. The Morgan fingerprint density at radius 2 is 2.10 bits per heavy atom. The molecule has 2 N–H and O–H groups in total. The quantitative estimate of drug-likeness (QED) is 0.595. The van der Waals surface area contributed by atoms with E-state index in [2.05, 4.69) is 13.8 Å². The molecule has 0 aromatic carbocycles. The smallest absolute Gasteiger partial charge is 0.00438 e. The molecule has 1 rings (SSSR count). The molecule has 0 aliphatic heterocycles. The minimum atomic E-state index is 0.521. The maximum Gasteiger partial charge on any atom is -0.00438 e. The Hall–Kier alpha value is -0.0400. The largest absolute Gasteiger partial charge is 0.330 e. The van der Waals surface area contributed by atoms with Gasteiger partial charge in [0.05, 0.1) is 0 Å². The zero-order chi connectivity index (χ0) is 7.61. The molecule has 0 aromatic heterocycles. The summed E-state index contributed by atoms with van der Waals surface area (Å²) in [5.41, 5.74) is 6.20. The van der Waals surface area contributed by atoms with Crippen LogP contribution in [-0.2, 0) is 0 Å². The second kappa shape index (κ2) is 2.91. The summed E-state index contributed by atoms with van der Waals surface area (Å²) in [6.45, 7) is 5.58. The highest BCUT2D eigenvalue weighted by Gasteiger charge is 2.30. The van der Waals surface area contributed by atoms with Gasteiger partial charge in [-0.15, -0.1) is 0 Å². The highest BCUT2D eigenvalue weighted by atomic mass is 14.6. The Morgan fingerprint density at radius 3 is 2.50 bits per heavy atom. The van der Waals surface area contributed by atoms with Gasteiger partial charge in [-0.3, -0.25) is 0 Å². The summed E-state index contributed by atoms with van der Waals surface area (Å²) in [6, 6.07) is 0. The number of rotatable bonds is 1. The SMILES string of the molecule is CC1(C)CCCC[C@@H]1CN. The Labute approximate surface area is 64.0 Å². The molecule has 0 aromatic rings. The van der Waals surface area contributed by atoms with Gasteiger partial charge in [-0.25, -0.2) is 0 Å². The minimum absolute atomic E-state index is 0.521. The number of hydrogen-bond acceptors (Lipinski definition) is 1. The van der Waals surface area contributed by atoms with Crippen LogP contribution in [0.4, 0.5) is 0 Å². The van der Waals surface area contributed by atoms with Crippen molar-refractivity contribution in [3.8, 4) is 0 Å². The molecule has 1 saturated carbocycles. The minimum Gasteiger partial charge on any atom is -0.330 e. The van der Waals surface area contributed by atoms with E-state index in [0.717, 1.165) is 12.5 Å². The van der Waals surface area contributed by atoms with E-state index >= 15 is 0 Å². The molecule has 1 heteroatoms. The van der Waals surface area contributed by atoms with Gasteiger partial charge >= 0.3 is 0 Å². The normalized spacial score (nSPS) is 32.1. The fourth-order valence-corrected chi connectivity index (χ4v) is 2.00. The average molecular weight is 141 g/mol. The third-order valence-corrected chi connectivity index (χ3v) is 3.01. The molecule has 10 heavy (non-hydrogen) atoms. The van der Waals surface area contributed by atoms with E-state index in [-0.39, 0.29) is 0 Å². The molecule has 60 valence electrons. The highest BCUT2D eigenvalue weighted by molar-refractivity contribution is 4.82. The predicted molar refractivity (Wildman–Crippen MR) is 44.8 cm³/mol. The fourth-order valence-electron chi connectivity index (χ4n) is 2.00. The van der Waals surface area contributed by atoms with E-state index in [1.54, 1.807) is 0 Å². The molecule has 1 aliphatic carbocycles. The predicted octanol–water partition coefficient (Wildman–Crippen LogP) is 2.16. The molecule has 0 spiro atoms. The number of hydrogen-bond donors (Lipinski definition) is 1. The lowest BCUT2D eigenvalue weighted by molar-refractivity contribution is 0.144. The van der Waals surface area contributed by atoms with E-state index in [1.807, 2.05) is 0 Å². The van der Waals surface area contributed by atoms with Gasteiger partial charge in [0.25, 0.3) is 0 Å². The molecule has 0 amide bonds. The molecule has 0 saturated heterocycles. The summed E-state index contributed by atoms with van der Waals surface area (Å²) in [4.78, 5) is 0. The summed E-state index contributed by atoms with van der Waals surface area (Å²) in [7, 11) is 0. The molecular formula is C9H19N. The molecule has 1 fully saturated rings. The first-order valence-corrected chi connectivity index (χ1v) is 4.37. The van der Waals surface area contributed by atoms with Crippen molar-refractivity contribution in [3.63, 3.8) is 0 Å². The molecule has 1 aliphatic rings. The van der Waals surface area contributed by atoms with Gasteiger partial charge < -0.3 is 5.73 Å². The van der Waals surface area contributed by atoms with E-state index in [4.69, 9.17) is 5.73 Å². The van der Waals surface area contributed by atoms with Crippen LogP contribution in [0.1, 0.15) is 39.5 Å². The van der Waals surface area contributed by atoms with Crippen LogP contribution in [0.3, 0.4) is 0 Å². The van der Waals surface area contributed by atoms with Gasteiger partial charge in [0, 0.05) is 0 Å². The van der Waals surface area contributed by atoms with Gasteiger partial charge in [0.1, 0.15) is 0 Å². The Morgan fingerprint density at radius 1 is 1.40 bits per heavy atom. The van der Waals surface area contributed by atoms with Crippen LogP contribution in [0.2, 0.25) is 0 Å². The first-order chi connectivity index (χ1) is 4.67. The zero-order valence-corrected chi connectivity index (χ0v) is 7.19. The first kappa shape index (κ1) is 8.06. The summed E-state index contributed by atoms with van der Waals surface area (Å²) < 4.78 is 0. The highest BCUT2D eigenvalue weighted by Crippen LogP contribution is 2.39. The van der Waals surface area contributed by atoms with Crippen LogP contribution in [0.15, 0.2) is 0 Å². The van der Waals surface area contributed by atoms with Crippen molar-refractivity contribution >= 4 is 0 Å². The Kier molecular flexibility index (Phi) is 2.35. The second-order valence-corrected chi connectivity index (χ2v) is 4.17. The van der Waals surface area contributed by atoms with Gasteiger partial charge in [-0.05, 0) is 30.7 Å². The van der Waals surface area contributed by atoms with Crippen molar-refractivity contribution < 1.29 is 0 Å². The molecule has 0 radical (unpaired) electrons. The molecule has 0 bridgehead atoms. The topological polar surface area (TPSA) is 26.0 Å². The van der Waals surface area contributed by atoms with E-state index in [1.165, 1.54) is 25.7 Å². The Balaban J connectivity index is 2.51. The monoisotopic (exact) mass is 141 g/mol. The summed E-state index contributed by atoms with van der Waals surface area (Å²) >= 11 is 0. The van der Waals surface area contributed by atoms with Crippen LogP contribution in [-0.4, -0.2) is 6.54 Å². The van der Waals surface area contributed by atoms with Crippen molar-refractivity contribution in [3.05, 3.63) is 0 Å². The summed E-state index contributed by atoms with van der Waals surface area (Å²) in [6.07, 6.45) is 5.52. The summed E-state index contributed by atoms with van der Waals surface area (Å²) in [5, 5.41) is 0. The van der Waals surface area contributed by atoms with Crippen molar-refractivity contribution in [2.45, 2.75) is 39.5 Å². The molecule has 0 unspecified atom stereocenters. The van der Waals surface area contributed by atoms with Crippen molar-refractivity contribution in [1.29, 1.82) is 0 Å². The lowest BCUT2D eigenvalue weighted by Gasteiger charge is -2.37. The lowest BCUT2D eigenvalue weighted by atomic mass is 9.69.